The minimum atomic E-state index is -0.493. The normalized spacial score (nSPS) is 21.2. The van der Waals surface area contributed by atoms with E-state index in [2.05, 4.69) is 11.6 Å². The maximum Gasteiger partial charge on any atom is 0.109 e. The van der Waals surface area contributed by atoms with Gasteiger partial charge in [0.05, 0.1) is 0 Å². The standard InChI is InChI=1S/C7H11NO/c1-2-7(9)6-4-3-5-8-6/h2,7,9H,1,3-5H2. The van der Waals surface area contributed by atoms with Gasteiger partial charge >= 0.3 is 0 Å². The van der Waals surface area contributed by atoms with Gasteiger partial charge in [-0.2, -0.15) is 0 Å². The molecule has 1 N–H and O–H groups in total. The lowest BCUT2D eigenvalue weighted by Crippen LogP contribution is -2.14. The fourth-order valence-electron chi connectivity index (χ4n) is 0.939. The summed E-state index contributed by atoms with van der Waals surface area (Å²) in [5, 5.41) is 9.11. The molecule has 1 unspecified atom stereocenters. The Kier molecular flexibility index (Phi) is 2.01. The van der Waals surface area contributed by atoms with Crippen LogP contribution in [0, 0.1) is 0 Å². The minimum Gasteiger partial charge on any atom is -0.383 e. The van der Waals surface area contributed by atoms with Crippen molar-refractivity contribution in [3.63, 3.8) is 0 Å². The van der Waals surface area contributed by atoms with Crippen molar-refractivity contribution in [3.8, 4) is 0 Å². The van der Waals surface area contributed by atoms with Gasteiger partial charge in [0.25, 0.3) is 0 Å². The van der Waals surface area contributed by atoms with E-state index in [4.69, 9.17) is 5.11 Å². The van der Waals surface area contributed by atoms with E-state index in [0.29, 0.717) is 0 Å². The summed E-state index contributed by atoms with van der Waals surface area (Å²) in [5.41, 5.74) is 0.894. The van der Waals surface area contributed by atoms with Crippen LogP contribution in [0.5, 0.6) is 0 Å². The zero-order valence-electron chi connectivity index (χ0n) is 5.38. The monoisotopic (exact) mass is 125 g/mol. The van der Waals surface area contributed by atoms with Gasteiger partial charge in [0, 0.05) is 12.3 Å². The predicted molar refractivity (Wildman–Crippen MR) is 37.7 cm³/mol. The van der Waals surface area contributed by atoms with Gasteiger partial charge < -0.3 is 5.11 Å². The number of aliphatic hydroxyl groups is 1. The SMILES string of the molecule is C=CC(O)C1=NCCC1. The van der Waals surface area contributed by atoms with Gasteiger partial charge in [-0.3, -0.25) is 4.99 Å². The quantitative estimate of drug-likeness (QED) is 0.543. The Hall–Kier alpha value is -0.630. The largest absolute Gasteiger partial charge is 0.383 e. The molecule has 1 aliphatic rings. The molecule has 1 heterocycles. The molecule has 0 radical (unpaired) electrons. The molecule has 1 rings (SSSR count). The van der Waals surface area contributed by atoms with Crippen LogP contribution >= 0.6 is 0 Å². The average molecular weight is 125 g/mol. The number of rotatable bonds is 2. The summed E-state index contributed by atoms with van der Waals surface area (Å²) in [6, 6.07) is 0. The number of hydrogen-bond donors (Lipinski definition) is 1. The molecule has 0 amide bonds. The molecule has 1 aliphatic heterocycles. The van der Waals surface area contributed by atoms with E-state index in [9.17, 15) is 0 Å². The second-order valence-corrected chi connectivity index (χ2v) is 2.16. The Morgan fingerprint density at radius 3 is 3.00 bits per heavy atom. The van der Waals surface area contributed by atoms with Crippen LogP contribution in [0.2, 0.25) is 0 Å². The molecule has 1 atom stereocenters. The lowest BCUT2D eigenvalue weighted by atomic mass is 10.1. The third kappa shape index (κ3) is 1.39. The van der Waals surface area contributed by atoms with Crippen molar-refractivity contribution in [1.82, 2.24) is 0 Å². The second kappa shape index (κ2) is 2.78. The summed E-state index contributed by atoms with van der Waals surface area (Å²) >= 11 is 0. The smallest absolute Gasteiger partial charge is 0.109 e. The first-order valence-electron chi connectivity index (χ1n) is 3.18. The first kappa shape index (κ1) is 6.49. The van der Waals surface area contributed by atoms with E-state index in [0.717, 1.165) is 25.1 Å². The molecule has 0 fully saturated rings. The zero-order chi connectivity index (χ0) is 6.69. The van der Waals surface area contributed by atoms with Crippen molar-refractivity contribution in [2.24, 2.45) is 4.99 Å². The fourth-order valence-corrected chi connectivity index (χ4v) is 0.939. The Labute approximate surface area is 54.9 Å². The molecule has 0 bridgehead atoms. The summed E-state index contributed by atoms with van der Waals surface area (Å²) in [5.74, 6) is 0. The first-order valence-corrected chi connectivity index (χ1v) is 3.18. The van der Waals surface area contributed by atoms with E-state index >= 15 is 0 Å². The lowest BCUT2D eigenvalue weighted by molar-refractivity contribution is 0.287. The van der Waals surface area contributed by atoms with E-state index in [-0.39, 0.29) is 0 Å². The van der Waals surface area contributed by atoms with E-state index < -0.39 is 6.10 Å². The van der Waals surface area contributed by atoms with Crippen LogP contribution in [0.4, 0.5) is 0 Å². The summed E-state index contributed by atoms with van der Waals surface area (Å²) in [6.45, 7) is 4.35. The molecule has 0 aromatic rings. The number of aliphatic hydroxyl groups excluding tert-OH is 1. The first-order chi connectivity index (χ1) is 4.34. The van der Waals surface area contributed by atoms with E-state index in [1.165, 1.54) is 6.08 Å². The number of nitrogens with zero attached hydrogens (tertiary/aromatic N) is 1. The fraction of sp³-hybridized carbons (Fsp3) is 0.571. The highest BCUT2D eigenvalue weighted by Gasteiger charge is 2.11. The highest BCUT2D eigenvalue weighted by molar-refractivity contribution is 5.91. The number of hydrogen-bond acceptors (Lipinski definition) is 2. The highest BCUT2D eigenvalue weighted by Crippen LogP contribution is 2.07. The van der Waals surface area contributed by atoms with Crippen LogP contribution in [0.3, 0.4) is 0 Å². The van der Waals surface area contributed by atoms with Crippen LogP contribution in [-0.2, 0) is 0 Å². The summed E-state index contributed by atoms with van der Waals surface area (Å²) < 4.78 is 0. The van der Waals surface area contributed by atoms with Crippen molar-refractivity contribution in [2.75, 3.05) is 6.54 Å². The molecule has 0 spiro atoms. The van der Waals surface area contributed by atoms with E-state index in [1.807, 2.05) is 0 Å². The summed E-state index contributed by atoms with van der Waals surface area (Å²) in [6.07, 6.45) is 3.05. The number of aliphatic imine (C=N–C) groups is 1. The molecule has 50 valence electrons. The maximum absolute atomic E-state index is 9.11. The molecule has 0 saturated heterocycles. The van der Waals surface area contributed by atoms with Crippen LogP contribution < -0.4 is 0 Å². The maximum atomic E-state index is 9.11. The molecule has 0 saturated carbocycles. The van der Waals surface area contributed by atoms with E-state index in [1.54, 1.807) is 0 Å². The average Bonchev–Trinajstić information content (AvgIpc) is 2.37. The van der Waals surface area contributed by atoms with Gasteiger partial charge in [-0.25, -0.2) is 0 Å². The van der Waals surface area contributed by atoms with Gasteiger partial charge in [0.2, 0.25) is 0 Å². The lowest BCUT2D eigenvalue weighted by Gasteiger charge is -2.01. The predicted octanol–water partition coefficient (Wildman–Crippen LogP) is 0.768. The van der Waals surface area contributed by atoms with Gasteiger partial charge in [-0.15, -0.1) is 6.58 Å². The highest BCUT2D eigenvalue weighted by atomic mass is 16.3. The van der Waals surface area contributed by atoms with Crippen LogP contribution in [0.25, 0.3) is 0 Å². The third-order valence-corrected chi connectivity index (χ3v) is 1.47. The second-order valence-electron chi connectivity index (χ2n) is 2.16. The Balaban J connectivity index is 2.50. The molecule has 0 aliphatic carbocycles. The molecule has 9 heavy (non-hydrogen) atoms. The van der Waals surface area contributed by atoms with Gasteiger partial charge in [0.15, 0.2) is 0 Å². The van der Waals surface area contributed by atoms with Crippen LogP contribution in [0.15, 0.2) is 17.6 Å². The topological polar surface area (TPSA) is 32.6 Å². The van der Waals surface area contributed by atoms with Gasteiger partial charge in [-0.05, 0) is 12.8 Å². The summed E-state index contributed by atoms with van der Waals surface area (Å²) in [7, 11) is 0. The van der Waals surface area contributed by atoms with Crippen molar-refractivity contribution in [3.05, 3.63) is 12.7 Å². The molecule has 0 aromatic carbocycles. The molecular weight excluding hydrogens is 114 g/mol. The Bertz CT molecular complexity index is 140. The summed E-state index contributed by atoms with van der Waals surface area (Å²) in [4.78, 5) is 4.10. The minimum absolute atomic E-state index is 0.493. The molecular formula is C7H11NO. The van der Waals surface area contributed by atoms with Crippen molar-refractivity contribution in [2.45, 2.75) is 18.9 Å². The van der Waals surface area contributed by atoms with Crippen molar-refractivity contribution in [1.29, 1.82) is 0 Å². The van der Waals surface area contributed by atoms with Crippen LogP contribution in [-0.4, -0.2) is 23.5 Å². The molecule has 0 aromatic heterocycles. The Morgan fingerprint density at radius 2 is 2.56 bits per heavy atom. The molecule has 2 nitrogen and oxygen atoms in total. The molecule has 2 heteroatoms. The van der Waals surface area contributed by atoms with Gasteiger partial charge in [0.1, 0.15) is 6.10 Å². The van der Waals surface area contributed by atoms with Gasteiger partial charge in [-0.1, -0.05) is 6.08 Å². The Morgan fingerprint density at radius 1 is 1.78 bits per heavy atom. The van der Waals surface area contributed by atoms with Crippen molar-refractivity contribution >= 4 is 5.71 Å². The third-order valence-electron chi connectivity index (χ3n) is 1.47. The zero-order valence-corrected chi connectivity index (χ0v) is 5.38. The van der Waals surface area contributed by atoms with Crippen molar-refractivity contribution < 1.29 is 5.11 Å². The van der Waals surface area contributed by atoms with Crippen LogP contribution in [0.1, 0.15) is 12.8 Å².